The van der Waals surface area contributed by atoms with E-state index in [1.807, 2.05) is 41.9 Å². The van der Waals surface area contributed by atoms with E-state index in [4.69, 9.17) is 0 Å². The average Bonchev–Trinajstić information content (AvgIpc) is 2.97. The molecule has 0 saturated carbocycles. The molecule has 2 heterocycles. The number of carbonyl (C=O) groups excluding carboxylic acids is 1. The molecule has 1 N–H and O–H groups in total. The second-order valence-corrected chi connectivity index (χ2v) is 6.31. The number of hydrogen-bond acceptors (Lipinski definition) is 3. The van der Waals surface area contributed by atoms with Crippen LogP contribution in [-0.2, 0) is 6.54 Å². The van der Waals surface area contributed by atoms with Crippen LogP contribution >= 0.6 is 15.9 Å². The topological polar surface area (TPSA) is 59.8 Å². The van der Waals surface area contributed by atoms with Crippen molar-refractivity contribution in [3.63, 3.8) is 0 Å². The monoisotopic (exact) mass is 384 g/mol. The number of rotatable bonds is 5. The van der Waals surface area contributed by atoms with Gasteiger partial charge in [-0.15, -0.1) is 0 Å². The van der Waals surface area contributed by atoms with Gasteiger partial charge in [0.15, 0.2) is 0 Å². The first-order valence-electron chi connectivity index (χ1n) is 7.62. The van der Waals surface area contributed by atoms with Crippen molar-refractivity contribution >= 4 is 21.8 Å². The van der Waals surface area contributed by atoms with Crippen LogP contribution in [0.2, 0.25) is 0 Å². The van der Waals surface area contributed by atoms with Crippen molar-refractivity contribution in [3.05, 3.63) is 70.6 Å². The third-order valence-electron chi connectivity index (χ3n) is 3.67. The second kappa shape index (κ2) is 7.40. The van der Waals surface area contributed by atoms with E-state index in [0.717, 1.165) is 21.4 Å². The number of benzene rings is 1. The van der Waals surface area contributed by atoms with Crippen LogP contribution < -0.4 is 5.32 Å². The van der Waals surface area contributed by atoms with E-state index in [-0.39, 0.29) is 5.91 Å². The molecule has 2 aromatic heterocycles. The number of halogens is 1. The Bertz CT molecular complexity index is 828. The van der Waals surface area contributed by atoms with E-state index in [1.165, 1.54) is 0 Å². The van der Waals surface area contributed by atoms with Crippen LogP contribution in [0.3, 0.4) is 0 Å². The van der Waals surface area contributed by atoms with Gasteiger partial charge in [0.1, 0.15) is 0 Å². The molecule has 1 amide bonds. The predicted molar refractivity (Wildman–Crippen MR) is 96.7 cm³/mol. The standard InChI is InChI=1S/C18H17BrN4O/c1-13-12-17(14-6-8-20-9-7-14)22-23(13)11-10-21-18(24)15-2-4-16(19)5-3-15/h2-9,12H,10-11H2,1H3,(H,21,24). The summed E-state index contributed by atoms with van der Waals surface area (Å²) in [6, 6.07) is 13.2. The summed E-state index contributed by atoms with van der Waals surface area (Å²) < 4.78 is 2.85. The predicted octanol–water partition coefficient (Wildman–Crippen LogP) is 3.45. The van der Waals surface area contributed by atoms with E-state index >= 15 is 0 Å². The average molecular weight is 385 g/mol. The Hall–Kier alpha value is -2.47. The summed E-state index contributed by atoms with van der Waals surface area (Å²) in [7, 11) is 0. The maximum Gasteiger partial charge on any atom is 0.251 e. The second-order valence-electron chi connectivity index (χ2n) is 5.39. The summed E-state index contributed by atoms with van der Waals surface area (Å²) in [5.74, 6) is -0.0818. The lowest BCUT2D eigenvalue weighted by atomic mass is 10.2. The minimum absolute atomic E-state index is 0.0818. The van der Waals surface area contributed by atoms with E-state index in [0.29, 0.717) is 18.7 Å². The molecular formula is C18H17BrN4O. The Labute approximate surface area is 148 Å². The molecule has 3 aromatic rings. The van der Waals surface area contributed by atoms with Crippen LogP contribution in [-0.4, -0.2) is 27.2 Å². The molecule has 0 atom stereocenters. The van der Waals surface area contributed by atoms with E-state index in [1.54, 1.807) is 24.5 Å². The molecule has 0 radical (unpaired) electrons. The van der Waals surface area contributed by atoms with Gasteiger partial charge in [0, 0.05) is 40.2 Å². The van der Waals surface area contributed by atoms with Crippen LogP contribution in [0.15, 0.2) is 59.3 Å². The first kappa shape index (κ1) is 16.4. The Morgan fingerprint density at radius 2 is 1.88 bits per heavy atom. The van der Waals surface area contributed by atoms with Crippen molar-refractivity contribution in [1.82, 2.24) is 20.1 Å². The molecule has 24 heavy (non-hydrogen) atoms. The summed E-state index contributed by atoms with van der Waals surface area (Å²) in [5.41, 5.74) is 3.65. The zero-order chi connectivity index (χ0) is 16.9. The van der Waals surface area contributed by atoms with Crippen molar-refractivity contribution < 1.29 is 4.79 Å². The normalized spacial score (nSPS) is 10.6. The summed E-state index contributed by atoms with van der Waals surface area (Å²) in [6.45, 7) is 3.15. The Kier molecular flexibility index (Phi) is 5.05. The molecule has 6 heteroatoms. The highest BCUT2D eigenvalue weighted by Crippen LogP contribution is 2.17. The van der Waals surface area contributed by atoms with Gasteiger partial charge in [-0.05, 0) is 49.4 Å². The number of aryl methyl sites for hydroxylation is 1. The third-order valence-corrected chi connectivity index (χ3v) is 4.20. The number of carbonyl (C=O) groups is 1. The number of nitrogens with one attached hydrogen (secondary N) is 1. The largest absolute Gasteiger partial charge is 0.350 e. The van der Waals surface area contributed by atoms with Gasteiger partial charge in [-0.25, -0.2) is 0 Å². The molecule has 0 spiro atoms. The highest BCUT2D eigenvalue weighted by atomic mass is 79.9. The maximum atomic E-state index is 12.1. The Morgan fingerprint density at radius 3 is 2.58 bits per heavy atom. The van der Waals surface area contributed by atoms with E-state index in [9.17, 15) is 4.79 Å². The minimum Gasteiger partial charge on any atom is -0.350 e. The van der Waals surface area contributed by atoms with Gasteiger partial charge in [0.2, 0.25) is 0 Å². The fraction of sp³-hybridized carbons (Fsp3) is 0.167. The molecule has 0 aliphatic rings. The van der Waals surface area contributed by atoms with Gasteiger partial charge in [0.25, 0.3) is 5.91 Å². The summed E-state index contributed by atoms with van der Waals surface area (Å²) in [5, 5.41) is 7.51. The fourth-order valence-electron chi connectivity index (χ4n) is 2.38. The number of aromatic nitrogens is 3. The number of nitrogens with zero attached hydrogens (tertiary/aromatic N) is 3. The van der Waals surface area contributed by atoms with Crippen LogP contribution in [0, 0.1) is 6.92 Å². The van der Waals surface area contributed by atoms with Crippen molar-refractivity contribution in [1.29, 1.82) is 0 Å². The van der Waals surface area contributed by atoms with Gasteiger partial charge >= 0.3 is 0 Å². The molecule has 0 aliphatic heterocycles. The molecule has 1 aromatic carbocycles. The zero-order valence-electron chi connectivity index (χ0n) is 13.2. The van der Waals surface area contributed by atoms with Crippen molar-refractivity contribution in [2.75, 3.05) is 6.54 Å². The highest BCUT2D eigenvalue weighted by Gasteiger charge is 2.08. The molecule has 0 aliphatic carbocycles. The summed E-state index contributed by atoms with van der Waals surface area (Å²) in [4.78, 5) is 16.1. The number of amides is 1. The van der Waals surface area contributed by atoms with Gasteiger partial charge in [-0.1, -0.05) is 15.9 Å². The maximum absolute atomic E-state index is 12.1. The summed E-state index contributed by atoms with van der Waals surface area (Å²) in [6.07, 6.45) is 3.50. The lowest BCUT2D eigenvalue weighted by molar-refractivity contribution is 0.0952. The van der Waals surface area contributed by atoms with Crippen molar-refractivity contribution in [2.45, 2.75) is 13.5 Å². The Balaban J connectivity index is 1.60. The summed E-state index contributed by atoms with van der Waals surface area (Å²) >= 11 is 3.36. The zero-order valence-corrected chi connectivity index (χ0v) is 14.8. The van der Waals surface area contributed by atoms with E-state index in [2.05, 4.69) is 31.3 Å². The van der Waals surface area contributed by atoms with Crippen LogP contribution in [0.25, 0.3) is 11.3 Å². The van der Waals surface area contributed by atoms with Gasteiger partial charge in [-0.2, -0.15) is 5.10 Å². The molecule has 5 nitrogen and oxygen atoms in total. The smallest absolute Gasteiger partial charge is 0.251 e. The lowest BCUT2D eigenvalue weighted by Crippen LogP contribution is -2.27. The van der Waals surface area contributed by atoms with Gasteiger partial charge in [-0.3, -0.25) is 14.5 Å². The lowest BCUT2D eigenvalue weighted by Gasteiger charge is -2.07. The van der Waals surface area contributed by atoms with Crippen LogP contribution in [0.5, 0.6) is 0 Å². The van der Waals surface area contributed by atoms with Crippen LogP contribution in [0.4, 0.5) is 0 Å². The number of hydrogen-bond donors (Lipinski definition) is 1. The number of pyridine rings is 1. The van der Waals surface area contributed by atoms with Gasteiger partial charge < -0.3 is 5.32 Å². The van der Waals surface area contributed by atoms with E-state index < -0.39 is 0 Å². The first-order chi connectivity index (χ1) is 11.6. The third kappa shape index (κ3) is 3.89. The van der Waals surface area contributed by atoms with Crippen molar-refractivity contribution in [2.24, 2.45) is 0 Å². The first-order valence-corrected chi connectivity index (χ1v) is 8.41. The molecule has 122 valence electrons. The van der Waals surface area contributed by atoms with Crippen molar-refractivity contribution in [3.8, 4) is 11.3 Å². The molecular weight excluding hydrogens is 368 g/mol. The van der Waals surface area contributed by atoms with Gasteiger partial charge in [0.05, 0.1) is 12.2 Å². The SMILES string of the molecule is Cc1cc(-c2ccncc2)nn1CCNC(=O)c1ccc(Br)cc1. The quantitative estimate of drug-likeness (QED) is 0.732. The highest BCUT2D eigenvalue weighted by molar-refractivity contribution is 9.10. The fourth-order valence-corrected chi connectivity index (χ4v) is 2.64. The molecule has 3 rings (SSSR count). The molecule has 0 bridgehead atoms. The molecule has 0 saturated heterocycles. The van der Waals surface area contributed by atoms with Crippen LogP contribution in [0.1, 0.15) is 16.1 Å². The minimum atomic E-state index is -0.0818. The molecule has 0 fully saturated rings. The molecule has 0 unspecified atom stereocenters. The Morgan fingerprint density at radius 1 is 1.17 bits per heavy atom.